The summed E-state index contributed by atoms with van der Waals surface area (Å²) >= 11 is 35.6. The third-order valence-corrected chi connectivity index (χ3v) is 24.5. The monoisotopic (exact) mass is 1930 g/mol. The van der Waals surface area contributed by atoms with E-state index in [9.17, 15) is 140 Å². The van der Waals surface area contributed by atoms with E-state index in [1.54, 1.807) is 18.2 Å². The molecule has 4 heterocycles. The molecule has 11 aromatic carbocycles. The number of nitrogens with zero attached hydrogens (tertiary/aromatic N) is 6. The van der Waals surface area contributed by atoms with Crippen molar-refractivity contribution in [3.63, 3.8) is 0 Å². The molecular weight excluding hydrogens is 1890 g/mol. The molecule has 8 unspecified atom stereocenters. The zero-order valence-electron chi connectivity index (χ0n) is 66.1. The summed E-state index contributed by atoms with van der Waals surface area (Å²) in [4.78, 5) is 169. The Kier molecular flexibility index (Phi) is 22.7. The van der Waals surface area contributed by atoms with Gasteiger partial charge < -0.3 is 70.9 Å². The molecule has 0 fully saturated rings. The second-order valence-electron chi connectivity index (χ2n) is 30.0. The Morgan fingerprint density at radius 1 is 0.361 bits per heavy atom. The van der Waals surface area contributed by atoms with E-state index in [2.05, 4.69) is 5.32 Å². The summed E-state index contributed by atoms with van der Waals surface area (Å²) in [5.41, 5.74) is -4.48. The maximum atomic E-state index is 13.3. The molecule has 0 aromatic heterocycles. The van der Waals surface area contributed by atoms with Gasteiger partial charge in [0.15, 0.2) is 28.7 Å². The van der Waals surface area contributed by atoms with Crippen LogP contribution in [-0.4, -0.2) is 128 Å². The van der Waals surface area contributed by atoms with Gasteiger partial charge in [0.05, 0.1) is 36.0 Å². The Morgan fingerprint density at radius 2 is 0.707 bits per heavy atom. The van der Waals surface area contributed by atoms with Gasteiger partial charge in [0.25, 0.3) is 63.1 Å². The molecule has 6 aliphatic carbocycles. The number of carbonyl (C=O) groups is 9. The Bertz CT molecular complexity index is 6850. The number of Topliss-reactive ketones (excluding diaryl/α,β-unsaturated/α-hetero) is 8. The van der Waals surface area contributed by atoms with Crippen molar-refractivity contribution in [3.05, 3.63) is 381 Å². The van der Waals surface area contributed by atoms with E-state index < -0.39 is 160 Å². The number of nitrogens with two attached hydrogens (primary N) is 1. The number of ketones is 8. The SMILES string of the molecule is CC(=O)NC12C(=O)c3cccc([N+](=O)[O-])c3C1(O)Oc1cc(Cl)ccc12.NC12C(=O)c3cccc([N+](=O)[O-])c3C1(O)Oc1cc(Cl)ccc12.O=C1CC(=O)c2c1cccc2[N+](=O)[O-].O=C1c2cccc([N+](=O)[O-])c2C(=O)C1(O)O.O=C1c2cccc([N+](=O)[O-])c2C2(O)Oc3cc(Cl)ccc3C12Cl.O=C1c2cccc([N+](=O)[O-])c2C2(O)Oc3cc(Cl)ccc3C12O.Oc1cccc(Cl)c1. The number of hydrogen-bond acceptors (Lipinski definition) is 34. The van der Waals surface area contributed by atoms with Gasteiger partial charge in [-0.15, -0.1) is 0 Å². The molecule has 11 aromatic rings. The molecule has 674 valence electrons. The number of benzene rings is 11. The van der Waals surface area contributed by atoms with Crippen molar-refractivity contribution in [2.45, 2.75) is 63.8 Å². The summed E-state index contributed by atoms with van der Waals surface area (Å²) in [5.74, 6) is -19.3. The van der Waals surface area contributed by atoms with Gasteiger partial charge in [-0.3, -0.25) is 104 Å². The van der Waals surface area contributed by atoms with E-state index in [1.165, 1.54) is 171 Å². The molecule has 21 rings (SSSR count). The molecule has 4 aliphatic heterocycles. The summed E-state index contributed by atoms with van der Waals surface area (Å²) in [6.07, 6.45) is -0.250. The number of rotatable bonds is 7. The molecule has 0 spiro atoms. The van der Waals surface area contributed by atoms with Crippen LogP contribution in [0.4, 0.5) is 34.1 Å². The third-order valence-electron chi connectivity index (χ3n) is 22.7. The Balaban J connectivity index is 0.000000121. The molecule has 1 amide bonds. The van der Waals surface area contributed by atoms with Gasteiger partial charge in [0.1, 0.15) is 62.1 Å². The summed E-state index contributed by atoms with van der Waals surface area (Å²) in [7, 11) is 0. The van der Waals surface area contributed by atoms with Crippen LogP contribution in [0.2, 0.25) is 25.1 Å². The number of halogens is 6. The van der Waals surface area contributed by atoms with Crippen LogP contribution in [0.1, 0.15) is 141 Å². The van der Waals surface area contributed by atoms with Crippen LogP contribution in [0.3, 0.4) is 0 Å². The topological polar surface area (TPSA) is 649 Å². The quantitative estimate of drug-likeness (QED) is 0.0233. The minimum atomic E-state index is -3.19. The maximum Gasteiger partial charge on any atom is 0.295 e. The first-order chi connectivity index (χ1) is 62.4. The molecule has 0 bridgehead atoms. The van der Waals surface area contributed by atoms with Crippen molar-refractivity contribution >= 4 is 156 Å². The maximum absolute atomic E-state index is 13.3. The standard InChI is InChI=1S/C17H11ClN2O6.C15H7Cl2NO5.C15H9ClN2O5.C15H8ClNO6.C9H5NO6.C9H5NO4.C6H5ClO/c1-8(21)19-16-11-6-5-9(18)7-13(11)26-17(16,23)14-10(15(16)22)3-2-4-12(14)20(24)25;2*16-7-4-5-9-11(6-7)23-15(20)12-8(13(19)14(9,15)17)2-1-3-10(12)18(21)22;16-7-4-5-9-11(6-7)23-15(20)12-8(13(18)14(9,15)19)2-1-3-10(12)17(21)22;11-7-4-2-1-3-5(10(15)16)6(4)8(12)9(7,13)14;11-7-4-8(12)9-5(7)2-1-3-6(9)10(13)14;7-5-2-1-3-6(8)4-5/h2-7,23H,1H3,(H,19,21);1-6,20H;1-6,20H,17H2;1-6,19-20H;1-3,13-14H;1-3H,4H2;1-4,8H. The molecule has 41 nitrogen and oxygen atoms in total. The normalized spacial score (nSPS) is 23.2. The number of nitro benzene ring substituents is 6. The smallest absolute Gasteiger partial charge is 0.295 e. The largest absolute Gasteiger partial charge is 0.508 e. The zero-order valence-corrected chi connectivity index (χ0v) is 70.7. The number of nitro groups is 6. The Hall–Kier alpha value is -14.9. The number of alkyl halides is 1. The van der Waals surface area contributed by atoms with E-state index in [-0.39, 0.29) is 140 Å². The lowest BCUT2D eigenvalue weighted by molar-refractivity contribution is -0.388. The number of aliphatic hydroxyl groups is 7. The first-order valence-electron chi connectivity index (χ1n) is 37.7. The van der Waals surface area contributed by atoms with Crippen molar-refractivity contribution < 1.29 is 132 Å². The average Bonchev–Trinajstić information content (AvgIpc) is 1.51. The van der Waals surface area contributed by atoms with Crippen LogP contribution < -0.4 is 30.0 Å². The predicted molar refractivity (Wildman–Crippen MR) is 455 cm³/mol. The lowest BCUT2D eigenvalue weighted by Gasteiger charge is -2.33. The molecule has 11 N–H and O–H groups in total. The lowest BCUT2D eigenvalue weighted by Crippen LogP contribution is -2.59. The number of phenolic OH excluding ortho intramolecular Hbond substituents is 1. The molecule has 0 saturated heterocycles. The first kappa shape index (κ1) is 92.8. The minimum Gasteiger partial charge on any atom is -0.508 e. The van der Waals surface area contributed by atoms with Gasteiger partial charge in [-0.1, -0.05) is 167 Å². The summed E-state index contributed by atoms with van der Waals surface area (Å²) in [6.45, 7) is 1.17. The zero-order chi connectivity index (χ0) is 96.9. The van der Waals surface area contributed by atoms with E-state index in [4.69, 9.17) is 99.4 Å². The van der Waals surface area contributed by atoms with Gasteiger partial charge in [-0.05, 0) is 72.8 Å². The van der Waals surface area contributed by atoms with E-state index in [1.807, 2.05) is 0 Å². The summed E-state index contributed by atoms with van der Waals surface area (Å²) in [5, 5.41) is 153. The average molecular weight is 1940 g/mol. The molecule has 8 atom stereocenters. The van der Waals surface area contributed by atoms with Crippen LogP contribution in [0, 0.1) is 60.7 Å². The number of phenols is 1. The number of aromatic hydroxyl groups is 1. The highest BCUT2D eigenvalue weighted by Crippen LogP contribution is 2.66. The highest BCUT2D eigenvalue weighted by atomic mass is 35.5. The van der Waals surface area contributed by atoms with Crippen LogP contribution in [-0.2, 0) is 49.5 Å². The Labute approximate surface area is 768 Å². The molecule has 133 heavy (non-hydrogen) atoms. The van der Waals surface area contributed by atoms with E-state index >= 15 is 0 Å². The second-order valence-corrected chi connectivity index (χ2v) is 32.8. The molecular formula is C86H50Cl6N8O33. The van der Waals surface area contributed by atoms with Crippen molar-refractivity contribution in [2.24, 2.45) is 5.73 Å². The number of fused-ring (bicyclic) bond motifs is 22. The molecule has 10 aliphatic rings. The van der Waals surface area contributed by atoms with Gasteiger partial charge in [0, 0.05) is 124 Å². The second kappa shape index (κ2) is 32.6. The highest BCUT2D eigenvalue weighted by Gasteiger charge is 2.77. The van der Waals surface area contributed by atoms with Crippen LogP contribution in [0.25, 0.3) is 0 Å². The summed E-state index contributed by atoms with van der Waals surface area (Å²) < 4.78 is 22.0. The third kappa shape index (κ3) is 13.7. The molecule has 0 radical (unpaired) electrons. The van der Waals surface area contributed by atoms with Crippen molar-refractivity contribution in [3.8, 4) is 28.7 Å². The fraction of sp³-hybridized carbons (Fsp3) is 0.128. The van der Waals surface area contributed by atoms with E-state index in [0.29, 0.717) is 15.1 Å². The van der Waals surface area contributed by atoms with Gasteiger partial charge in [-0.25, -0.2) is 0 Å². The number of amides is 1. The number of ether oxygens (including phenoxy) is 4. The molecule has 47 heteroatoms. The van der Waals surface area contributed by atoms with E-state index in [0.717, 1.165) is 24.3 Å². The van der Waals surface area contributed by atoms with Crippen molar-refractivity contribution in [2.75, 3.05) is 0 Å². The van der Waals surface area contributed by atoms with Crippen LogP contribution in [0.5, 0.6) is 28.7 Å². The van der Waals surface area contributed by atoms with Crippen molar-refractivity contribution in [1.82, 2.24) is 5.32 Å². The number of carbonyl (C=O) groups excluding carboxylic acids is 9. The highest BCUT2D eigenvalue weighted by molar-refractivity contribution is 6.41. The lowest BCUT2D eigenvalue weighted by atomic mass is 9.83. The first-order valence-corrected chi connectivity index (χ1v) is 39.9. The van der Waals surface area contributed by atoms with Crippen molar-refractivity contribution in [1.29, 1.82) is 0 Å². The number of nitrogens with one attached hydrogen (secondary N) is 1. The molecule has 0 saturated carbocycles. The fourth-order valence-corrected chi connectivity index (χ4v) is 18.3. The predicted octanol–water partition coefficient (Wildman–Crippen LogP) is 11.9. The van der Waals surface area contributed by atoms with Crippen LogP contribution in [0.15, 0.2) is 206 Å². The van der Waals surface area contributed by atoms with Gasteiger partial charge >= 0.3 is 0 Å². The minimum absolute atomic E-state index is 0.000323. The Morgan fingerprint density at radius 3 is 1.17 bits per heavy atom. The van der Waals surface area contributed by atoms with Gasteiger partial charge in [-0.2, -0.15) is 0 Å². The number of hydrogen-bond donors (Lipinski definition) is 10. The van der Waals surface area contributed by atoms with Crippen LogP contribution >= 0.6 is 69.6 Å². The van der Waals surface area contributed by atoms with Gasteiger partial charge in [0.2, 0.25) is 45.1 Å². The fourth-order valence-electron chi connectivity index (χ4n) is 17.1. The summed E-state index contributed by atoms with van der Waals surface area (Å²) in [6, 6.07) is 46.5.